The number of amides is 3. The summed E-state index contributed by atoms with van der Waals surface area (Å²) in [6, 6.07) is 13.8. The van der Waals surface area contributed by atoms with Crippen molar-refractivity contribution in [2.45, 2.75) is 46.5 Å². The summed E-state index contributed by atoms with van der Waals surface area (Å²) in [7, 11) is 0. The fraction of sp³-hybridized carbons (Fsp3) is 0.516. The van der Waals surface area contributed by atoms with E-state index in [0.29, 0.717) is 58.8 Å². The number of piperidine rings is 1. The lowest BCUT2D eigenvalue weighted by atomic mass is 9.65. The highest BCUT2D eigenvalue weighted by atomic mass is 16.6. The number of carbonyl (C=O) groups is 3. The number of urea groups is 1. The lowest BCUT2D eigenvalue weighted by Gasteiger charge is -2.43. The maximum atomic E-state index is 13.7. The molecule has 208 valence electrons. The summed E-state index contributed by atoms with van der Waals surface area (Å²) in [4.78, 5) is 42.1. The first kappa shape index (κ1) is 27.2. The van der Waals surface area contributed by atoms with Crippen LogP contribution in [-0.4, -0.2) is 73.7 Å². The SMILES string of the molecule is CC(C)(C)COC(=O)N1CCC2(CCc3cc(-c4ccc(NC(=O)N5CCOCC5)cc4)ccc3C2=O)CC1. The van der Waals surface area contributed by atoms with Gasteiger partial charge >= 0.3 is 12.1 Å². The summed E-state index contributed by atoms with van der Waals surface area (Å²) in [5, 5.41) is 2.96. The van der Waals surface area contributed by atoms with Crippen molar-refractivity contribution in [3.8, 4) is 11.1 Å². The normalized spacial score (nSPS) is 19.0. The average Bonchev–Trinajstić information content (AvgIpc) is 2.94. The molecule has 8 heteroatoms. The number of carbonyl (C=O) groups excluding carboxylic acids is 3. The molecule has 1 N–H and O–H groups in total. The lowest BCUT2D eigenvalue weighted by Crippen LogP contribution is -2.48. The van der Waals surface area contributed by atoms with Crippen LogP contribution in [0.4, 0.5) is 15.3 Å². The number of Topliss-reactive ketones (excluding diaryl/α,β-unsaturated/α-hetero) is 1. The smallest absolute Gasteiger partial charge is 0.409 e. The van der Waals surface area contributed by atoms with Gasteiger partial charge in [0.25, 0.3) is 0 Å². The summed E-state index contributed by atoms with van der Waals surface area (Å²) in [5.41, 5.74) is 4.27. The van der Waals surface area contributed by atoms with Crippen LogP contribution in [0.3, 0.4) is 0 Å². The fourth-order valence-corrected chi connectivity index (χ4v) is 5.65. The average molecular weight is 534 g/mol. The van der Waals surface area contributed by atoms with Gasteiger partial charge in [0.2, 0.25) is 0 Å². The number of aryl methyl sites for hydroxylation is 1. The highest BCUT2D eigenvalue weighted by Gasteiger charge is 2.45. The minimum absolute atomic E-state index is 0.0738. The zero-order chi connectivity index (χ0) is 27.6. The Labute approximate surface area is 230 Å². The van der Waals surface area contributed by atoms with Crippen molar-refractivity contribution < 1.29 is 23.9 Å². The number of rotatable bonds is 3. The van der Waals surface area contributed by atoms with Crippen LogP contribution in [0.25, 0.3) is 11.1 Å². The molecular weight excluding hydrogens is 494 g/mol. The highest BCUT2D eigenvalue weighted by Crippen LogP contribution is 2.44. The van der Waals surface area contributed by atoms with Crippen LogP contribution in [0.15, 0.2) is 42.5 Å². The van der Waals surface area contributed by atoms with Gasteiger partial charge in [-0.3, -0.25) is 4.79 Å². The summed E-state index contributed by atoms with van der Waals surface area (Å²) in [5.74, 6) is 0.208. The number of nitrogens with zero attached hydrogens (tertiary/aromatic N) is 2. The molecule has 3 aliphatic rings. The number of morpholine rings is 1. The van der Waals surface area contributed by atoms with Crippen molar-refractivity contribution in [3.05, 3.63) is 53.6 Å². The van der Waals surface area contributed by atoms with E-state index in [9.17, 15) is 14.4 Å². The molecule has 0 atom stereocenters. The van der Waals surface area contributed by atoms with Crippen molar-refractivity contribution >= 4 is 23.6 Å². The Morgan fingerprint density at radius 1 is 0.923 bits per heavy atom. The monoisotopic (exact) mass is 533 g/mol. The molecule has 39 heavy (non-hydrogen) atoms. The topological polar surface area (TPSA) is 88.2 Å². The van der Waals surface area contributed by atoms with E-state index in [1.165, 1.54) is 0 Å². The maximum Gasteiger partial charge on any atom is 0.409 e. The number of hydrogen-bond acceptors (Lipinski definition) is 5. The Morgan fingerprint density at radius 3 is 2.26 bits per heavy atom. The van der Waals surface area contributed by atoms with Gasteiger partial charge in [0.15, 0.2) is 5.78 Å². The van der Waals surface area contributed by atoms with E-state index in [1.807, 2.05) is 57.2 Å². The lowest BCUT2D eigenvalue weighted by molar-refractivity contribution is 0.0379. The fourth-order valence-electron chi connectivity index (χ4n) is 5.65. The molecule has 1 spiro atoms. The van der Waals surface area contributed by atoms with Gasteiger partial charge in [-0.2, -0.15) is 0 Å². The molecule has 0 radical (unpaired) electrons. The number of benzene rings is 2. The van der Waals surface area contributed by atoms with E-state index in [0.717, 1.165) is 40.8 Å². The number of ether oxygens (including phenoxy) is 2. The molecule has 2 aromatic carbocycles. The number of hydrogen-bond donors (Lipinski definition) is 1. The summed E-state index contributed by atoms with van der Waals surface area (Å²) >= 11 is 0. The highest BCUT2D eigenvalue weighted by molar-refractivity contribution is 6.03. The van der Waals surface area contributed by atoms with Gasteiger partial charge in [-0.15, -0.1) is 0 Å². The summed E-state index contributed by atoms with van der Waals surface area (Å²) in [6.45, 7) is 9.94. The van der Waals surface area contributed by atoms with Crippen LogP contribution < -0.4 is 5.32 Å². The van der Waals surface area contributed by atoms with E-state index < -0.39 is 5.41 Å². The van der Waals surface area contributed by atoms with Gasteiger partial charge < -0.3 is 24.6 Å². The van der Waals surface area contributed by atoms with Gasteiger partial charge in [0, 0.05) is 42.8 Å². The molecule has 0 aromatic heterocycles. The van der Waals surface area contributed by atoms with Gasteiger partial charge in [-0.25, -0.2) is 9.59 Å². The van der Waals surface area contributed by atoms with Crippen LogP contribution in [0, 0.1) is 10.8 Å². The largest absolute Gasteiger partial charge is 0.449 e. The van der Waals surface area contributed by atoms with Crippen LogP contribution in [0.5, 0.6) is 0 Å². The molecule has 0 unspecified atom stereocenters. The van der Waals surface area contributed by atoms with E-state index in [4.69, 9.17) is 9.47 Å². The zero-order valence-electron chi connectivity index (χ0n) is 23.3. The Bertz CT molecular complexity index is 1220. The third-order valence-corrected chi connectivity index (χ3v) is 8.08. The molecule has 2 aliphatic heterocycles. The van der Waals surface area contributed by atoms with Crippen molar-refractivity contribution in [2.75, 3.05) is 51.3 Å². The molecule has 2 aromatic rings. The number of anilines is 1. The van der Waals surface area contributed by atoms with E-state index in [-0.39, 0.29) is 23.3 Å². The van der Waals surface area contributed by atoms with Gasteiger partial charge in [-0.05, 0) is 59.9 Å². The Balaban J connectivity index is 1.21. The number of fused-ring (bicyclic) bond motifs is 1. The number of nitrogens with one attached hydrogen (secondary N) is 1. The standard InChI is InChI=1S/C31H39N3O5/c1-30(2,3)21-39-29(37)34-14-12-31(13-15-34)11-10-24-20-23(6-9-26(24)27(31)35)22-4-7-25(8-5-22)32-28(36)33-16-18-38-19-17-33/h4-9,20H,10-19,21H2,1-3H3,(H,32,36). The molecular formula is C31H39N3O5. The Kier molecular flexibility index (Phi) is 7.67. The number of likely N-dealkylation sites (tertiary alicyclic amines) is 1. The van der Waals surface area contributed by atoms with Gasteiger partial charge in [-0.1, -0.05) is 51.1 Å². The molecule has 1 aliphatic carbocycles. The zero-order valence-corrected chi connectivity index (χ0v) is 23.3. The minimum atomic E-state index is -0.393. The van der Waals surface area contributed by atoms with Crippen LogP contribution in [0.2, 0.25) is 0 Å². The maximum absolute atomic E-state index is 13.7. The molecule has 0 bridgehead atoms. The molecule has 2 heterocycles. The predicted molar refractivity (Wildman–Crippen MR) is 150 cm³/mol. The van der Waals surface area contributed by atoms with Crippen LogP contribution in [-0.2, 0) is 15.9 Å². The van der Waals surface area contributed by atoms with Gasteiger partial charge in [0.1, 0.15) is 0 Å². The molecule has 3 amide bonds. The van der Waals surface area contributed by atoms with Crippen molar-refractivity contribution in [1.82, 2.24) is 9.80 Å². The van der Waals surface area contributed by atoms with Crippen LogP contribution in [0.1, 0.15) is 56.0 Å². The summed E-state index contributed by atoms with van der Waals surface area (Å²) in [6.07, 6.45) is 2.72. The third-order valence-electron chi connectivity index (χ3n) is 8.08. The van der Waals surface area contributed by atoms with E-state index in [1.54, 1.807) is 9.80 Å². The second-order valence-electron chi connectivity index (χ2n) is 12.2. The second kappa shape index (κ2) is 11.0. The first-order chi connectivity index (χ1) is 18.6. The van der Waals surface area contributed by atoms with Crippen molar-refractivity contribution in [2.24, 2.45) is 10.8 Å². The first-order valence-electron chi connectivity index (χ1n) is 14.0. The Morgan fingerprint density at radius 2 is 1.59 bits per heavy atom. The summed E-state index contributed by atoms with van der Waals surface area (Å²) < 4.78 is 10.8. The third kappa shape index (κ3) is 6.11. The van der Waals surface area contributed by atoms with Crippen LogP contribution >= 0.6 is 0 Å². The van der Waals surface area contributed by atoms with E-state index in [2.05, 4.69) is 11.4 Å². The quantitative estimate of drug-likeness (QED) is 0.554. The van der Waals surface area contributed by atoms with Crippen molar-refractivity contribution in [3.63, 3.8) is 0 Å². The Hall–Kier alpha value is -3.39. The number of ketones is 1. The van der Waals surface area contributed by atoms with Gasteiger partial charge in [0.05, 0.1) is 19.8 Å². The predicted octanol–water partition coefficient (Wildman–Crippen LogP) is 5.61. The molecule has 0 saturated carbocycles. The molecule has 5 rings (SSSR count). The molecule has 2 fully saturated rings. The second-order valence-corrected chi connectivity index (χ2v) is 12.2. The van der Waals surface area contributed by atoms with E-state index >= 15 is 0 Å². The minimum Gasteiger partial charge on any atom is -0.449 e. The molecule has 8 nitrogen and oxygen atoms in total. The first-order valence-corrected chi connectivity index (χ1v) is 14.0. The van der Waals surface area contributed by atoms with Crippen molar-refractivity contribution in [1.29, 1.82) is 0 Å². The molecule has 2 saturated heterocycles.